The molecular formula is C13H14N2O. The standard InChI is InChI=1S/C13H14N2O/c1-2-16-13-8-7-12(15-14)10-5-3-4-6-11(13)9-10/h3-8,14H,2,9H2,1H3. The number of nitrogens with zero attached hydrogens (tertiary/aromatic N) is 1. The first-order valence-corrected chi connectivity index (χ1v) is 5.34. The number of ether oxygens (including phenoxy) is 1. The fourth-order valence-corrected chi connectivity index (χ4v) is 1.79. The van der Waals surface area contributed by atoms with Crippen molar-refractivity contribution in [2.24, 2.45) is 5.11 Å². The Morgan fingerprint density at radius 1 is 1.19 bits per heavy atom. The summed E-state index contributed by atoms with van der Waals surface area (Å²) in [5.41, 5.74) is 10.1. The van der Waals surface area contributed by atoms with E-state index < -0.39 is 0 Å². The molecule has 0 atom stereocenters. The molecule has 0 unspecified atom stereocenters. The van der Waals surface area contributed by atoms with Gasteiger partial charge >= 0.3 is 0 Å². The third kappa shape index (κ3) is 2.03. The quantitative estimate of drug-likeness (QED) is 0.716. The Kier molecular flexibility index (Phi) is 3.15. The number of hydrogen-bond donors (Lipinski definition) is 1. The number of allylic oxidation sites excluding steroid dienone is 8. The fourth-order valence-electron chi connectivity index (χ4n) is 1.79. The Labute approximate surface area is 95.0 Å². The molecular weight excluding hydrogens is 200 g/mol. The van der Waals surface area contributed by atoms with Crippen LogP contribution in [0.4, 0.5) is 0 Å². The predicted octanol–water partition coefficient (Wildman–Crippen LogP) is 3.65. The average molecular weight is 214 g/mol. The van der Waals surface area contributed by atoms with E-state index in [0.717, 1.165) is 23.3 Å². The Morgan fingerprint density at radius 3 is 2.62 bits per heavy atom. The van der Waals surface area contributed by atoms with Gasteiger partial charge in [0.15, 0.2) is 0 Å². The molecule has 2 bridgehead atoms. The smallest absolute Gasteiger partial charge is 0.122 e. The van der Waals surface area contributed by atoms with Crippen LogP contribution in [0, 0.1) is 5.53 Å². The molecule has 0 heterocycles. The molecule has 0 aromatic heterocycles. The zero-order valence-electron chi connectivity index (χ0n) is 9.23. The van der Waals surface area contributed by atoms with Gasteiger partial charge in [-0.3, -0.25) is 0 Å². The van der Waals surface area contributed by atoms with Crippen molar-refractivity contribution in [3.8, 4) is 0 Å². The molecule has 0 spiro atoms. The van der Waals surface area contributed by atoms with Gasteiger partial charge in [-0.2, -0.15) is 5.11 Å². The van der Waals surface area contributed by atoms with Gasteiger partial charge in [-0.25, -0.2) is 5.53 Å². The van der Waals surface area contributed by atoms with Crippen molar-refractivity contribution in [3.63, 3.8) is 0 Å². The maximum absolute atomic E-state index is 7.16. The molecule has 2 aliphatic carbocycles. The van der Waals surface area contributed by atoms with Gasteiger partial charge < -0.3 is 4.74 Å². The van der Waals surface area contributed by atoms with E-state index in [0.29, 0.717) is 12.3 Å². The number of fused-ring (bicyclic) bond motifs is 2. The fraction of sp³-hybridized carbons (Fsp3) is 0.231. The van der Waals surface area contributed by atoms with Crippen LogP contribution in [0.2, 0.25) is 0 Å². The first kappa shape index (κ1) is 10.6. The predicted molar refractivity (Wildman–Crippen MR) is 62.9 cm³/mol. The highest BCUT2D eigenvalue weighted by atomic mass is 16.5. The summed E-state index contributed by atoms with van der Waals surface area (Å²) in [4.78, 5) is 0. The summed E-state index contributed by atoms with van der Waals surface area (Å²) in [7, 11) is 0. The molecule has 0 saturated heterocycles. The highest BCUT2D eigenvalue weighted by Gasteiger charge is 2.15. The van der Waals surface area contributed by atoms with Crippen LogP contribution in [0.3, 0.4) is 0 Å². The Bertz CT molecular complexity index is 451. The molecule has 16 heavy (non-hydrogen) atoms. The monoisotopic (exact) mass is 214 g/mol. The molecule has 82 valence electrons. The van der Waals surface area contributed by atoms with Crippen molar-refractivity contribution in [2.45, 2.75) is 13.3 Å². The summed E-state index contributed by atoms with van der Waals surface area (Å²) in [6.07, 6.45) is 12.5. The number of hydrogen-bond acceptors (Lipinski definition) is 3. The van der Waals surface area contributed by atoms with Crippen molar-refractivity contribution >= 4 is 0 Å². The van der Waals surface area contributed by atoms with Gasteiger partial charge in [0.1, 0.15) is 5.76 Å². The van der Waals surface area contributed by atoms with Crippen molar-refractivity contribution in [3.05, 3.63) is 59.1 Å². The largest absolute Gasteiger partial charge is 0.494 e. The second-order valence-corrected chi connectivity index (χ2v) is 3.57. The molecule has 0 aromatic carbocycles. The van der Waals surface area contributed by atoms with E-state index in [9.17, 15) is 0 Å². The molecule has 0 radical (unpaired) electrons. The van der Waals surface area contributed by atoms with Gasteiger partial charge in [-0.1, -0.05) is 24.3 Å². The van der Waals surface area contributed by atoms with Crippen LogP contribution in [0.15, 0.2) is 64.2 Å². The second-order valence-electron chi connectivity index (χ2n) is 3.57. The van der Waals surface area contributed by atoms with Gasteiger partial charge in [-0.15, -0.1) is 0 Å². The van der Waals surface area contributed by atoms with Crippen LogP contribution < -0.4 is 0 Å². The first-order valence-electron chi connectivity index (χ1n) is 5.34. The summed E-state index contributed by atoms with van der Waals surface area (Å²) in [5.74, 6) is 0.874. The average Bonchev–Trinajstić information content (AvgIpc) is 2.62. The van der Waals surface area contributed by atoms with Crippen LogP contribution in [0.25, 0.3) is 0 Å². The van der Waals surface area contributed by atoms with Gasteiger partial charge in [0.2, 0.25) is 0 Å². The lowest BCUT2D eigenvalue weighted by Crippen LogP contribution is -1.96. The molecule has 0 fully saturated rings. The topological polar surface area (TPSA) is 45.4 Å². The van der Waals surface area contributed by atoms with E-state index >= 15 is 0 Å². The van der Waals surface area contributed by atoms with E-state index in [1.165, 1.54) is 0 Å². The molecule has 2 rings (SSSR count). The maximum Gasteiger partial charge on any atom is 0.122 e. The summed E-state index contributed by atoms with van der Waals surface area (Å²) in [5, 5.41) is 3.55. The van der Waals surface area contributed by atoms with Crippen LogP contribution in [0.5, 0.6) is 0 Å². The molecule has 0 aliphatic heterocycles. The third-order valence-corrected chi connectivity index (χ3v) is 2.55. The summed E-state index contributed by atoms with van der Waals surface area (Å²) >= 11 is 0. The summed E-state index contributed by atoms with van der Waals surface area (Å²) in [6, 6.07) is 0. The maximum atomic E-state index is 7.16. The molecule has 0 amide bonds. The van der Waals surface area contributed by atoms with Gasteiger partial charge in [-0.05, 0) is 30.2 Å². The summed E-state index contributed by atoms with van der Waals surface area (Å²) in [6.45, 7) is 2.61. The minimum absolute atomic E-state index is 0.646. The highest BCUT2D eigenvalue weighted by molar-refractivity contribution is 5.49. The van der Waals surface area contributed by atoms with Gasteiger partial charge in [0.25, 0.3) is 0 Å². The molecule has 0 saturated carbocycles. The van der Waals surface area contributed by atoms with E-state index in [1.54, 1.807) is 0 Å². The highest BCUT2D eigenvalue weighted by Crippen LogP contribution is 2.30. The Balaban J connectivity index is 2.44. The zero-order valence-corrected chi connectivity index (χ0v) is 9.23. The lowest BCUT2D eigenvalue weighted by atomic mass is 10.0. The minimum Gasteiger partial charge on any atom is -0.494 e. The van der Waals surface area contributed by atoms with Crippen LogP contribution in [0.1, 0.15) is 13.3 Å². The van der Waals surface area contributed by atoms with E-state index in [2.05, 4.69) is 5.11 Å². The van der Waals surface area contributed by atoms with Gasteiger partial charge in [0, 0.05) is 6.42 Å². The first-order chi connectivity index (χ1) is 7.85. The minimum atomic E-state index is 0.646. The Morgan fingerprint density at radius 2 is 1.94 bits per heavy atom. The van der Waals surface area contributed by atoms with Crippen molar-refractivity contribution in [1.29, 1.82) is 5.53 Å². The van der Waals surface area contributed by atoms with Gasteiger partial charge in [0.05, 0.1) is 12.3 Å². The van der Waals surface area contributed by atoms with E-state index in [1.807, 2.05) is 43.4 Å². The summed E-state index contributed by atoms with van der Waals surface area (Å²) < 4.78 is 5.58. The van der Waals surface area contributed by atoms with Crippen molar-refractivity contribution < 1.29 is 4.74 Å². The van der Waals surface area contributed by atoms with E-state index in [4.69, 9.17) is 10.3 Å². The SMILES string of the molecule is CCOC1=CC=C(N=N)C2=CC=CC=C1C2. The Hall–Kier alpha value is -1.90. The van der Waals surface area contributed by atoms with E-state index in [-0.39, 0.29) is 0 Å². The van der Waals surface area contributed by atoms with Crippen molar-refractivity contribution in [2.75, 3.05) is 6.61 Å². The lowest BCUT2D eigenvalue weighted by molar-refractivity contribution is 0.237. The second kappa shape index (κ2) is 4.75. The third-order valence-electron chi connectivity index (χ3n) is 2.55. The number of rotatable bonds is 3. The molecule has 0 aromatic rings. The normalized spacial score (nSPS) is 18.6. The van der Waals surface area contributed by atoms with Crippen LogP contribution >= 0.6 is 0 Å². The van der Waals surface area contributed by atoms with Crippen molar-refractivity contribution in [1.82, 2.24) is 0 Å². The van der Waals surface area contributed by atoms with Crippen LogP contribution in [-0.4, -0.2) is 6.61 Å². The van der Waals surface area contributed by atoms with Crippen LogP contribution in [-0.2, 0) is 4.74 Å². The molecule has 1 N–H and O–H groups in total. The molecule has 3 nitrogen and oxygen atoms in total. The molecule has 3 heteroatoms. The zero-order chi connectivity index (χ0) is 11.4. The number of nitrogens with one attached hydrogen (secondary N) is 1. The lowest BCUT2D eigenvalue weighted by Gasteiger charge is -2.10. The molecule has 2 aliphatic rings.